The van der Waals surface area contributed by atoms with Crippen molar-refractivity contribution in [2.45, 2.75) is 6.92 Å². The van der Waals surface area contributed by atoms with E-state index in [-0.39, 0.29) is 12.7 Å². The number of aryl methyl sites for hydroxylation is 1. The normalized spacial score (nSPS) is 15.0. The van der Waals surface area contributed by atoms with Gasteiger partial charge in [0.05, 0.1) is 25.1 Å². The Balaban J connectivity index is 1.41. The van der Waals surface area contributed by atoms with Crippen molar-refractivity contribution < 1.29 is 14.2 Å². The van der Waals surface area contributed by atoms with Gasteiger partial charge in [-0.1, -0.05) is 11.6 Å². The maximum Gasteiger partial charge on any atom is 0.250 e. The molecule has 5 rings (SSSR count). The molecule has 0 atom stereocenters. The van der Waals surface area contributed by atoms with E-state index in [4.69, 9.17) is 25.8 Å². The molecule has 1 fully saturated rings. The van der Waals surface area contributed by atoms with E-state index in [0.717, 1.165) is 25.8 Å². The van der Waals surface area contributed by atoms with E-state index in [9.17, 15) is 0 Å². The van der Waals surface area contributed by atoms with Crippen molar-refractivity contribution in [3.8, 4) is 11.5 Å². The summed E-state index contributed by atoms with van der Waals surface area (Å²) in [6.45, 7) is 4.70. The van der Waals surface area contributed by atoms with E-state index in [1.54, 1.807) is 6.21 Å². The highest BCUT2D eigenvalue weighted by molar-refractivity contribution is 9.11. The van der Waals surface area contributed by atoms with Crippen LogP contribution >= 0.6 is 43.5 Å². The van der Waals surface area contributed by atoms with Crippen LogP contribution in [0.2, 0.25) is 5.02 Å². The molecule has 0 spiro atoms. The molecule has 0 aliphatic carbocycles. The van der Waals surface area contributed by atoms with Gasteiger partial charge in [-0.25, -0.2) is 5.43 Å². The Bertz CT molecular complexity index is 1290. The number of anilines is 4. The van der Waals surface area contributed by atoms with Gasteiger partial charge in [-0.2, -0.15) is 20.1 Å². The molecule has 2 aliphatic rings. The van der Waals surface area contributed by atoms with Gasteiger partial charge in [-0.05, 0) is 68.6 Å². The summed E-state index contributed by atoms with van der Waals surface area (Å²) in [5.41, 5.74) is 5.41. The monoisotopic (exact) mass is 623 g/mol. The number of hydrazone groups is 1. The molecule has 1 saturated heterocycles. The summed E-state index contributed by atoms with van der Waals surface area (Å²) in [4.78, 5) is 15.7. The number of halogens is 3. The third kappa shape index (κ3) is 5.61. The molecule has 13 heteroatoms. The number of hydrogen-bond donors (Lipinski definition) is 2. The standard InChI is InChI=1S/C22H20Br2ClN7O3/c1-12-6-15(24)17(9-16(12)25)27-20-28-21(30-22(29-20)32-2-4-33-5-3-32)31-26-10-13-7-18-19(8-14(13)23)35-11-34-18/h6-10H,2-5,11H2,1H3,(H2,27,28,29,30,31)/b26-10-. The third-order valence-electron chi connectivity index (χ3n) is 5.27. The maximum atomic E-state index is 6.32. The fraction of sp³-hybridized carbons (Fsp3) is 0.273. The van der Waals surface area contributed by atoms with Crippen LogP contribution in [0.3, 0.4) is 0 Å². The molecule has 2 aromatic carbocycles. The Morgan fingerprint density at radius 2 is 1.74 bits per heavy atom. The Kier molecular flexibility index (Phi) is 7.23. The van der Waals surface area contributed by atoms with Crippen LogP contribution in [-0.2, 0) is 4.74 Å². The van der Waals surface area contributed by atoms with E-state index in [1.807, 2.05) is 36.1 Å². The van der Waals surface area contributed by atoms with Crippen molar-refractivity contribution in [2.24, 2.45) is 5.10 Å². The number of nitrogens with zero attached hydrogens (tertiary/aromatic N) is 5. The summed E-state index contributed by atoms with van der Waals surface area (Å²) >= 11 is 13.4. The fourth-order valence-electron chi connectivity index (χ4n) is 3.43. The van der Waals surface area contributed by atoms with E-state index >= 15 is 0 Å². The molecule has 0 saturated carbocycles. The Morgan fingerprint density at radius 3 is 2.54 bits per heavy atom. The number of hydrogen-bond acceptors (Lipinski definition) is 10. The van der Waals surface area contributed by atoms with Crippen LogP contribution in [0.1, 0.15) is 11.1 Å². The molecule has 2 aliphatic heterocycles. The largest absolute Gasteiger partial charge is 0.454 e. The average molecular weight is 626 g/mol. The topological polar surface area (TPSA) is 106 Å². The van der Waals surface area contributed by atoms with Gasteiger partial charge in [0.2, 0.25) is 24.6 Å². The minimum atomic E-state index is 0.202. The van der Waals surface area contributed by atoms with Crippen LogP contribution in [-0.4, -0.2) is 54.3 Å². The quantitative estimate of drug-likeness (QED) is 0.286. The highest BCUT2D eigenvalue weighted by Gasteiger charge is 2.18. The van der Waals surface area contributed by atoms with Crippen molar-refractivity contribution in [3.05, 3.63) is 49.4 Å². The molecule has 0 radical (unpaired) electrons. The van der Waals surface area contributed by atoms with Crippen LogP contribution in [0, 0.1) is 6.92 Å². The van der Waals surface area contributed by atoms with E-state index < -0.39 is 0 Å². The predicted molar refractivity (Wildman–Crippen MR) is 142 cm³/mol. The second-order valence-corrected chi connectivity index (χ2v) is 9.80. The van der Waals surface area contributed by atoms with Gasteiger partial charge in [0.25, 0.3) is 0 Å². The summed E-state index contributed by atoms with van der Waals surface area (Å²) in [7, 11) is 0. The lowest BCUT2D eigenvalue weighted by Gasteiger charge is -2.27. The first-order valence-corrected chi connectivity index (χ1v) is 12.6. The van der Waals surface area contributed by atoms with Gasteiger partial charge in [0.15, 0.2) is 11.5 Å². The van der Waals surface area contributed by atoms with Crippen molar-refractivity contribution in [1.82, 2.24) is 15.0 Å². The minimum Gasteiger partial charge on any atom is -0.454 e. The van der Waals surface area contributed by atoms with Gasteiger partial charge < -0.3 is 24.4 Å². The summed E-state index contributed by atoms with van der Waals surface area (Å²) < 4.78 is 18.0. The molecular weight excluding hydrogens is 606 g/mol. The van der Waals surface area contributed by atoms with Crippen LogP contribution in [0.4, 0.5) is 23.5 Å². The van der Waals surface area contributed by atoms with Crippen molar-refractivity contribution in [1.29, 1.82) is 0 Å². The summed E-state index contributed by atoms with van der Waals surface area (Å²) in [5.74, 6) is 2.50. The van der Waals surface area contributed by atoms with Gasteiger partial charge in [0.1, 0.15) is 0 Å². The van der Waals surface area contributed by atoms with Gasteiger partial charge in [-0.15, -0.1) is 0 Å². The van der Waals surface area contributed by atoms with Crippen molar-refractivity contribution in [3.63, 3.8) is 0 Å². The number of benzene rings is 2. The zero-order valence-corrected chi connectivity index (χ0v) is 22.4. The zero-order valence-electron chi connectivity index (χ0n) is 18.5. The molecule has 10 nitrogen and oxygen atoms in total. The Labute approximate surface area is 223 Å². The van der Waals surface area contributed by atoms with Gasteiger partial charge in [0, 0.05) is 32.6 Å². The first-order valence-electron chi connectivity index (χ1n) is 10.7. The lowest BCUT2D eigenvalue weighted by Crippen LogP contribution is -2.37. The van der Waals surface area contributed by atoms with Crippen LogP contribution in [0.15, 0.2) is 38.3 Å². The molecule has 0 bridgehead atoms. The summed E-state index contributed by atoms with van der Waals surface area (Å²) in [6.07, 6.45) is 1.65. The number of aromatic nitrogens is 3. The fourth-order valence-corrected chi connectivity index (χ4v) is 4.57. The Hall–Kier alpha value is -2.67. The molecular formula is C22H20Br2ClN7O3. The smallest absolute Gasteiger partial charge is 0.250 e. The third-order valence-corrected chi connectivity index (χ3v) is 7.02. The second-order valence-electron chi connectivity index (χ2n) is 7.69. The molecule has 2 N–H and O–H groups in total. The SMILES string of the molecule is Cc1cc(Br)c(Nc2nc(N/N=C\c3cc4c(cc3Br)OCO4)nc(N3CCOCC3)n2)cc1Cl. The number of fused-ring (bicyclic) bond motifs is 1. The molecule has 182 valence electrons. The zero-order chi connectivity index (χ0) is 24.4. The lowest BCUT2D eigenvalue weighted by molar-refractivity contribution is 0.122. The van der Waals surface area contributed by atoms with Crippen LogP contribution < -0.4 is 25.1 Å². The number of nitrogens with one attached hydrogen (secondary N) is 2. The molecule has 35 heavy (non-hydrogen) atoms. The van der Waals surface area contributed by atoms with E-state index in [0.29, 0.717) is 54.7 Å². The van der Waals surface area contributed by atoms with Crippen molar-refractivity contribution in [2.75, 3.05) is 48.7 Å². The summed E-state index contributed by atoms with van der Waals surface area (Å²) in [5, 5.41) is 8.18. The number of ether oxygens (including phenoxy) is 3. The molecule has 3 aromatic rings. The first-order chi connectivity index (χ1) is 17.0. The molecule has 3 heterocycles. The minimum absolute atomic E-state index is 0.202. The van der Waals surface area contributed by atoms with Gasteiger partial charge >= 0.3 is 0 Å². The number of rotatable bonds is 6. The van der Waals surface area contributed by atoms with Crippen LogP contribution in [0.25, 0.3) is 0 Å². The first kappa shape index (κ1) is 24.0. The second kappa shape index (κ2) is 10.5. The average Bonchev–Trinajstić information content (AvgIpc) is 3.30. The van der Waals surface area contributed by atoms with Crippen LogP contribution in [0.5, 0.6) is 11.5 Å². The van der Waals surface area contributed by atoms with Gasteiger partial charge in [-0.3, -0.25) is 0 Å². The maximum absolute atomic E-state index is 6.32. The number of morpholine rings is 1. The molecule has 0 unspecified atom stereocenters. The predicted octanol–water partition coefficient (Wildman–Crippen LogP) is 5.11. The highest BCUT2D eigenvalue weighted by atomic mass is 79.9. The lowest BCUT2D eigenvalue weighted by atomic mass is 10.2. The molecule has 1 aromatic heterocycles. The molecule has 0 amide bonds. The Morgan fingerprint density at radius 1 is 1.00 bits per heavy atom. The summed E-state index contributed by atoms with van der Waals surface area (Å²) in [6, 6.07) is 7.44. The van der Waals surface area contributed by atoms with E-state index in [2.05, 4.69) is 62.7 Å². The van der Waals surface area contributed by atoms with Crippen molar-refractivity contribution >= 4 is 73.2 Å². The highest BCUT2D eigenvalue weighted by Crippen LogP contribution is 2.36. The van der Waals surface area contributed by atoms with E-state index in [1.165, 1.54) is 0 Å².